The molecule has 4 heterocycles. The lowest BCUT2D eigenvalue weighted by atomic mass is 10.0. The second-order valence-corrected chi connectivity index (χ2v) is 18.9. The van der Waals surface area contributed by atoms with Crippen LogP contribution in [0.3, 0.4) is 0 Å². The van der Waals surface area contributed by atoms with Gasteiger partial charge in [-0.3, -0.25) is 18.4 Å². The topological polar surface area (TPSA) is 171 Å². The number of hydrogen-bond donors (Lipinski definition) is 2. The van der Waals surface area contributed by atoms with Crippen molar-refractivity contribution in [1.82, 2.24) is 18.8 Å². The van der Waals surface area contributed by atoms with Crippen LogP contribution in [0.5, 0.6) is 11.5 Å². The van der Waals surface area contributed by atoms with Crippen LogP contribution in [-0.4, -0.2) is 103 Å². The van der Waals surface area contributed by atoms with Crippen LogP contribution in [0.2, 0.25) is 0 Å². The molecule has 0 radical (unpaired) electrons. The Morgan fingerprint density at radius 1 is 0.622 bits per heavy atom. The molecule has 2 aromatic carbocycles. The lowest BCUT2D eigenvalue weighted by molar-refractivity contribution is -0.143. The third kappa shape index (κ3) is 16.1. The van der Waals surface area contributed by atoms with Crippen LogP contribution in [0.4, 0.5) is 26.3 Å². The van der Waals surface area contributed by atoms with Gasteiger partial charge in [0.1, 0.15) is 47.6 Å². The van der Waals surface area contributed by atoms with Gasteiger partial charge in [0.05, 0.1) is 73.5 Å². The van der Waals surface area contributed by atoms with E-state index in [1.54, 1.807) is 36.7 Å². The Labute approximate surface area is 424 Å². The number of carbonyl (C=O) groups excluding carboxylic acids is 2. The predicted octanol–water partition coefficient (Wildman–Crippen LogP) is 10.7. The van der Waals surface area contributed by atoms with Crippen LogP contribution in [0.15, 0.2) is 95.8 Å². The van der Waals surface area contributed by atoms with Gasteiger partial charge in [0.25, 0.3) is 0 Å². The molecule has 14 nitrogen and oxygen atoms in total. The zero-order chi connectivity index (χ0) is 53.2. The number of ketones is 2. The minimum atomic E-state index is -4.37. The SMILES string of the molecule is CC(C)Oc1cc(CC(=O)CCC(F)(F)F)cc(-c2cnc3cc(/C(=N/OCCO)C4CC4)ccn23)c1.CC(C)Oc1cc(CC(=O)CCC(F)(F)F)cc(-c2cnc3cc(/C(=N\OCCO)C4CC4)ccn23)c1. The zero-order valence-electron chi connectivity index (χ0n) is 41.6. The molecule has 8 rings (SSSR count). The fraction of sp³-hybridized carbons (Fsp3) is 0.444. The normalized spacial score (nSPS) is 14.4. The van der Waals surface area contributed by atoms with Crippen molar-refractivity contribution >= 4 is 34.3 Å². The lowest BCUT2D eigenvalue weighted by Gasteiger charge is -2.14. The van der Waals surface area contributed by atoms with E-state index in [4.69, 9.17) is 29.4 Å². The maximum Gasteiger partial charge on any atom is 0.389 e. The van der Waals surface area contributed by atoms with Crippen LogP contribution >= 0.6 is 0 Å². The number of aliphatic hydroxyl groups is 2. The van der Waals surface area contributed by atoms with E-state index in [1.165, 1.54) is 0 Å². The van der Waals surface area contributed by atoms with Gasteiger partial charge < -0.3 is 29.4 Å². The average molecular weight is 1040 g/mol. The average Bonchev–Trinajstić information content (AvgIpc) is 4.27. The highest BCUT2D eigenvalue weighted by Crippen LogP contribution is 2.37. The van der Waals surface area contributed by atoms with Gasteiger partial charge in [-0.15, -0.1) is 0 Å². The van der Waals surface area contributed by atoms with Crippen LogP contribution in [0, 0.1) is 11.8 Å². The Balaban J connectivity index is 0.000000216. The summed E-state index contributed by atoms with van der Waals surface area (Å²) in [4.78, 5) is 44.1. The number of hydrogen-bond acceptors (Lipinski definition) is 12. The molecular formula is C54H60F6N6O8. The number of rotatable bonds is 24. The molecule has 0 unspecified atom stereocenters. The van der Waals surface area contributed by atoms with Crippen molar-refractivity contribution in [3.8, 4) is 34.0 Å². The molecule has 0 saturated heterocycles. The quantitative estimate of drug-likeness (QED) is 0.0257. The Kier molecular flexibility index (Phi) is 18.2. The molecule has 20 heteroatoms. The molecule has 74 heavy (non-hydrogen) atoms. The summed E-state index contributed by atoms with van der Waals surface area (Å²) in [6, 6.07) is 18.3. The van der Waals surface area contributed by atoms with Crippen molar-refractivity contribution in [2.24, 2.45) is 22.1 Å². The van der Waals surface area contributed by atoms with Gasteiger partial charge in [-0.05, 0) is 125 Å². The Bertz CT molecular complexity index is 2760. The molecule has 396 valence electrons. The summed E-state index contributed by atoms with van der Waals surface area (Å²) in [5, 5.41) is 26.4. The first-order chi connectivity index (χ1) is 35.2. The molecule has 0 aliphatic heterocycles. The molecule has 2 aliphatic carbocycles. The number of ether oxygens (including phenoxy) is 2. The number of halogens is 6. The number of carbonyl (C=O) groups is 2. The van der Waals surface area contributed by atoms with E-state index in [1.807, 2.05) is 85.3 Å². The Morgan fingerprint density at radius 3 is 1.35 bits per heavy atom. The van der Waals surface area contributed by atoms with Crippen molar-refractivity contribution in [3.05, 3.63) is 108 Å². The molecule has 0 bridgehead atoms. The number of imidazole rings is 2. The maximum absolute atomic E-state index is 12.6. The number of aromatic nitrogens is 4. The number of fused-ring (bicyclic) bond motifs is 2. The predicted molar refractivity (Wildman–Crippen MR) is 265 cm³/mol. The van der Waals surface area contributed by atoms with Gasteiger partial charge in [0.2, 0.25) is 0 Å². The molecule has 2 saturated carbocycles. The van der Waals surface area contributed by atoms with Crippen molar-refractivity contribution in [3.63, 3.8) is 0 Å². The third-order valence-corrected chi connectivity index (χ3v) is 11.7. The molecule has 6 aromatic rings. The molecule has 4 aromatic heterocycles. The minimum absolute atomic E-state index is 0.112. The first kappa shape index (κ1) is 55.0. The molecule has 0 spiro atoms. The number of oxime groups is 2. The van der Waals surface area contributed by atoms with E-state index in [0.717, 1.165) is 70.7 Å². The number of benzene rings is 2. The van der Waals surface area contributed by atoms with E-state index in [-0.39, 0.29) is 51.5 Å². The van der Waals surface area contributed by atoms with Crippen molar-refractivity contribution in [1.29, 1.82) is 0 Å². The molecular weight excluding hydrogens is 975 g/mol. The van der Waals surface area contributed by atoms with Crippen LogP contribution in [0.1, 0.15) is 101 Å². The maximum atomic E-state index is 12.6. The van der Waals surface area contributed by atoms with Crippen LogP contribution < -0.4 is 9.47 Å². The number of nitrogens with zero attached hydrogens (tertiary/aromatic N) is 6. The summed E-state index contributed by atoms with van der Waals surface area (Å²) in [7, 11) is 0. The van der Waals surface area contributed by atoms with Crippen molar-refractivity contribution < 1.29 is 65.3 Å². The smallest absolute Gasteiger partial charge is 0.389 e. The zero-order valence-corrected chi connectivity index (χ0v) is 41.6. The summed E-state index contributed by atoms with van der Waals surface area (Å²) >= 11 is 0. The molecule has 2 aliphatic rings. The van der Waals surface area contributed by atoms with E-state index < -0.39 is 49.6 Å². The number of aliphatic hydroxyl groups excluding tert-OH is 2. The number of pyridine rings is 2. The van der Waals surface area contributed by atoms with Gasteiger partial charge in [0, 0.05) is 72.2 Å². The van der Waals surface area contributed by atoms with E-state index in [9.17, 15) is 35.9 Å². The molecule has 0 amide bonds. The largest absolute Gasteiger partial charge is 0.491 e. The van der Waals surface area contributed by atoms with E-state index >= 15 is 0 Å². The summed E-state index contributed by atoms with van der Waals surface area (Å²) in [6.07, 6.45) is -1.31. The second kappa shape index (κ2) is 24.5. The van der Waals surface area contributed by atoms with Crippen molar-refractivity contribution in [2.75, 3.05) is 26.4 Å². The van der Waals surface area contributed by atoms with Crippen LogP contribution in [-0.2, 0) is 32.1 Å². The van der Waals surface area contributed by atoms with E-state index in [0.29, 0.717) is 45.8 Å². The first-order valence-electron chi connectivity index (χ1n) is 24.6. The highest BCUT2D eigenvalue weighted by molar-refractivity contribution is 6.04. The van der Waals surface area contributed by atoms with Gasteiger partial charge in [-0.2, -0.15) is 26.3 Å². The fourth-order valence-electron chi connectivity index (χ4n) is 8.15. The third-order valence-electron chi connectivity index (χ3n) is 11.7. The molecule has 0 atom stereocenters. The fourth-order valence-corrected chi connectivity index (χ4v) is 8.15. The summed E-state index contributed by atoms with van der Waals surface area (Å²) in [5.41, 5.74) is 8.92. The highest BCUT2D eigenvalue weighted by Gasteiger charge is 2.32. The van der Waals surface area contributed by atoms with E-state index in [2.05, 4.69) is 20.3 Å². The van der Waals surface area contributed by atoms with Gasteiger partial charge in [-0.25, -0.2) is 9.97 Å². The lowest BCUT2D eigenvalue weighted by Crippen LogP contribution is -2.12. The Hall–Kier alpha value is -6.80. The number of alkyl halides is 6. The molecule has 2 fully saturated rings. The second-order valence-electron chi connectivity index (χ2n) is 18.9. The Morgan fingerprint density at radius 2 is 1.01 bits per heavy atom. The van der Waals surface area contributed by atoms with Crippen LogP contribution in [0.25, 0.3) is 33.8 Å². The molecule has 2 N–H and O–H groups in total. The summed E-state index contributed by atoms with van der Waals surface area (Å²) < 4.78 is 90.9. The standard InChI is InChI=1S/2C27H30F3N3O4/c2*1-17(2)37-23-13-18(12-22(35)5-7-27(28,29)30)11-21(14-23)24-16-31-25-15-20(6-8-33(24)25)26(19-3-4-19)32-36-10-9-34/h2*6,8,11,13-17,19,34H,3-5,7,9-10,12H2,1-2H3/b32-26+;32-26-. The van der Waals surface area contributed by atoms with Gasteiger partial charge >= 0.3 is 12.4 Å². The monoisotopic (exact) mass is 1030 g/mol. The summed E-state index contributed by atoms with van der Waals surface area (Å²) in [6.45, 7) is 7.53. The minimum Gasteiger partial charge on any atom is -0.491 e. The van der Waals surface area contributed by atoms with Gasteiger partial charge in [-0.1, -0.05) is 10.3 Å². The van der Waals surface area contributed by atoms with Gasteiger partial charge in [0.15, 0.2) is 0 Å². The van der Waals surface area contributed by atoms with Crippen molar-refractivity contribution in [2.45, 2.75) is 116 Å². The number of Topliss-reactive ketones (excluding diaryl/α,β-unsaturated/α-hetero) is 2. The highest BCUT2D eigenvalue weighted by atomic mass is 19.4. The first-order valence-corrected chi connectivity index (χ1v) is 24.6. The summed E-state index contributed by atoms with van der Waals surface area (Å²) in [5.74, 6) is 0.727.